The predicted octanol–water partition coefficient (Wildman–Crippen LogP) is 3.19. The highest BCUT2D eigenvalue weighted by Gasteiger charge is 2.18. The molecule has 3 rings (SSSR count). The van der Waals surface area contributed by atoms with Crippen molar-refractivity contribution in [3.8, 4) is 0 Å². The van der Waals surface area contributed by atoms with E-state index < -0.39 is 0 Å². The summed E-state index contributed by atoms with van der Waals surface area (Å²) >= 11 is 0. The number of benzene rings is 2. The number of hydrogen-bond donors (Lipinski definition) is 3. The van der Waals surface area contributed by atoms with Gasteiger partial charge in [-0.05, 0) is 43.5 Å². The fraction of sp³-hybridized carbons (Fsp3) is 0.300. The normalized spacial score (nSPS) is 16.2. The highest BCUT2D eigenvalue weighted by atomic mass is 16.2. The van der Waals surface area contributed by atoms with Crippen LogP contribution in [-0.2, 0) is 11.2 Å². The number of aryl methyl sites for hydroxylation is 1. The molecule has 1 heterocycles. The molecule has 1 atom stereocenters. The Morgan fingerprint density at radius 3 is 2.76 bits per heavy atom. The summed E-state index contributed by atoms with van der Waals surface area (Å²) in [6, 6.07) is 15.6. The largest absolute Gasteiger partial charge is 0.380 e. The summed E-state index contributed by atoms with van der Waals surface area (Å²) in [5, 5.41) is 9.09. The molecule has 0 radical (unpaired) electrons. The highest BCUT2D eigenvalue weighted by molar-refractivity contribution is 6.00. The molecule has 2 aromatic rings. The Bertz CT molecular complexity index is 759. The molecule has 1 aliphatic rings. The zero-order valence-electron chi connectivity index (χ0n) is 14.3. The number of nitrogens with one attached hydrogen (secondary N) is 3. The van der Waals surface area contributed by atoms with E-state index in [0.29, 0.717) is 18.5 Å². The fourth-order valence-electron chi connectivity index (χ4n) is 2.95. The Kier molecular flexibility index (Phi) is 5.33. The molecular formula is C20H23N3O2. The van der Waals surface area contributed by atoms with Crippen molar-refractivity contribution in [2.75, 3.05) is 17.2 Å². The average Bonchev–Trinajstić information content (AvgIpc) is 2.75. The van der Waals surface area contributed by atoms with Crippen LogP contribution in [0.15, 0.2) is 48.5 Å². The van der Waals surface area contributed by atoms with Gasteiger partial charge in [0.2, 0.25) is 5.91 Å². The van der Waals surface area contributed by atoms with Crippen LogP contribution in [0, 0.1) is 0 Å². The van der Waals surface area contributed by atoms with E-state index in [9.17, 15) is 9.59 Å². The van der Waals surface area contributed by atoms with E-state index in [1.54, 1.807) is 18.2 Å². The number of carbonyl (C=O) groups excluding carboxylic acids is 2. The first-order valence-electron chi connectivity index (χ1n) is 8.64. The van der Waals surface area contributed by atoms with Crippen molar-refractivity contribution in [3.05, 3.63) is 59.7 Å². The summed E-state index contributed by atoms with van der Waals surface area (Å²) in [7, 11) is 0. The smallest absolute Gasteiger partial charge is 0.251 e. The number of carbonyl (C=O) groups is 2. The van der Waals surface area contributed by atoms with Gasteiger partial charge in [0.15, 0.2) is 0 Å². The minimum atomic E-state index is -0.0964. The van der Waals surface area contributed by atoms with Crippen LogP contribution in [0.1, 0.15) is 35.7 Å². The summed E-state index contributed by atoms with van der Waals surface area (Å²) in [5.74, 6) is -0.113. The van der Waals surface area contributed by atoms with Gasteiger partial charge in [0.1, 0.15) is 0 Å². The number of anilines is 2. The van der Waals surface area contributed by atoms with Crippen molar-refractivity contribution in [1.82, 2.24) is 5.32 Å². The summed E-state index contributed by atoms with van der Waals surface area (Å²) in [6.07, 6.45) is 2.25. The lowest BCUT2D eigenvalue weighted by Crippen LogP contribution is -2.25. The van der Waals surface area contributed by atoms with Gasteiger partial charge < -0.3 is 16.0 Å². The summed E-state index contributed by atoms with van der Waals surface area (Å²) in [6.45, 7) is 2.58. The molecule has 0 aromatic heterocycles. The summed E-state index contributed by atoms with van der Waals surface area (Å²) in [5.41, 5.74) is 3.37. The van der Waals surface area contributed by atoms with Crippen molar-refractivity contribution < 1.29 is 9.59 Å². The van der Waals surface area contributed by atoms with E-state index >= 15 is 0 Å². The molecule has 0 fully saturated rings. The monoisotopic (exact) mass is 337 g/mol. The fourth-order valence-corrected chi connectivity index (χ4v) is 2.95. The minimum Gasteiger partial charge on any atom is -0.380 e. The molecule has 0 bridgehead atoms. The van der Waals surface area contributed by atoms with E-state index in [2.05, 4.69) is 28.1 Å². The maximum Gasteiger partial charge on any atom is 0.251 e. The molecule has 0 aliphatic carbocycles. The number of fused-ring (bicyclic) bond motifs is 1. The van der Waals surface area contributed by atoms with E-state index in [1.165, 1.54) is 5.56 Å². The standard InChI is InChI=1S/C20H23N3O2/c1-14-12-19(24)23-17-10-9-16(13-18(17)22-14)20(25)21-11-5-8-15-6-3-2-4-7-15/h2-4,6-7,9-10,13-14,22H,5,8,11-12H2,1H3,(H,21,25)(H,23,24). The van der Waals surface area contributed by atoms with Gasteiger partial charge in [0.25, 0.3) is 5.91 Å². The molecule has 2 aromatic carbocycles. The lowest BCUT2D eigenvalue weighted by atomic mass is 10.1. The van der Waals surface area contributed by atoms with Crippen molar-refractivity contribution in [2.45, 2.75) is 32.2 Å². The third-order valence-electron chi connectivity index (χ3n) is 4.22. The average molecular weight is 337 g/mol. The molecule has 5 heteroatoms. The Hall–Kier alpha value is -2.82. The van der Waals surface area contributed by atoms with Crippen LogP contribution in [0.25, 0.3) is 0 Å². The van der Waals surface area contributed by atoms with Crippen molar-refractivity contribution in [1.29, 1.82) is 0 Å². The van der Waals surface area contributed by atoms with Crippen molar-refractivity contribution >= 4 is 23.2 Å². The van der Waals surface area contributed by atoms with Gasteiger partial charge in [-0.3, -0.25) is 9.59 Å². The molecule has 2 amide bonds. The number of amides is 2. The van der Waals surface area contributed by atoms with E-state index in [4.69, 9.17) is 0 Å². The third kappa shape index (κ3) is 4.59. The summed E-state index contributed by atoms with van der Waals surface area (Å²) in [4.78, 5) is 24.1. The topological polar surface area (TPSA) is 70.2 Å². The predicted molar refractivity (Wildman–Crippen MR) is 99.9 cm³/mol. The molecule has 3 N–H and O–H groups in total. The Labute approximate surface area is 147 Å². The van der Waals surface area contributed by atoms with Crippen LogP contribution in [-0.4, -0.2) is 24.4 Å². The maximum atomic E-state index is 12.3. The maximum absolute atomic E-state index is 12.3. The Balaban J connectivity index is 1.56. The minimum absolute atomic E-state index is 0.0168. The molecule has 0 saturated heterocycles. The van der Waals surface area contributed by atoms with E-state index in [-0.39, 0.29) is 17.9 Å². The SMILES string of the molecule is CC1CC(=O)Nc2ccc(C(=O)NCCCc3ccccc3)cc2N1. The molecule has 1 unspecified atom stereocenters. The van der Waals surface area contributed by atoms with Crippen LogP contribution in [0.4, 0.5) is 11.4 Å². The third-order valence-corrected chi connectivity index (χ3v) is 4.22. The van der Waals surface area contributed by atoms with Gasteiger partial charge in [0.05, 0.1) is 11.4 Å². The Morgan fingerprint density at radius 1 is 1.16 bits per heavy atom. The lowest BCUT2D eigenvalue weighted by molar-refractivity contribution is -0.116. The molecular weight excluding hydrogens is 314 g/mol. The first-order chi connectivity index (χ1) is 12.1. The lowest BCUT2D eigenvalue weighted by Gasteiger charge is -2.13. The molecule has 1 aliphatic heterocycles. The second-order valence-electron chi connectivity index (χ2n) is 6.40. The van der Waals surface area contributed by atoms with Crippen molar-refractivity contribution in [3.63, 3.8) is 0 Å². The first-order valence-corrected chi connectivity index (χ1v) is 8.64. The zero-order valence-corrected chi connectivity index (χ0v) is 14.3. The molecule has 25 heavy (non-hydrogen) atoms. The van der Waals surface area contributed by atoms with Gasteiger partial charge in [0, 0.05) is 24.6 Å². The van der Waals surface area contributed by atoms with Crippen molar-refractivity contribution in [2.24, 2.45) is 0 Å². The van der Waals surface area contributed by atoms with Gasteiger partial charge in [-0.1, -0.05) is 30.3 Å². The van der Waals surface area contributed by atoms with Crippen LogP contribution < -0.4 is 16.0 Å². The van der Waals surface area contributed by atoms with Gasteiger partial charge in [-0.2, -0.15) is 0 Å². The number of hydrogen-bond acceptors (Lipinski definition) is 3. The molecule has 0 saturated carbocycles. The van der Waals surface area contributed by atoms with Crippen LogP contribution in [0.3, 0.4) is 0 Å². The second-order valence-corrected chi connectivity index (χ2v) is 6.40. The highest BCUT2D eigenvalue weighted by Crippen LogP contribution is 2.27. The number of rotatable bonds is 5. The second kappa shape index (κ2) is 7.83. The van der Waals surface area contributed by atoms with E-state index in [1.807, 2.05) is 25.1 Å². The zero-order chi connectivity index (χ0) is 17.6. The van der Waals surface area contributed by atoms with Gasteiger partial charge in [-0.15, -0.1) is 0 Å². The molecule has 130 valence electrons. The van der Waals surface area contributed by atoms with Crippen LogP contribution >= 0.6 is 0 Å². The van der Waals surface area contributed by atoms with Gasteiger partial charge >= 0.3 is 0 Å². The summed E-state index contributed by atoms with van der Waals surface area (Å²) < 4.78 is 0. The molecule has 0 spiro atoms. The van der Waals surface area contributed by atoms with Crippen LogP contribution in [0.2, 0.25) is 0 Å². The van der Waals surface area contributed by atoms with Crippen LogP contribution in [0.5, 0.6) is 0 Å². The quantitative estimate of drug-likeness (QED) is 0.734. The van der Waals surface area contributed by atoms with Gasteiger partial charge in [-0.25, -0.2) is 0 Å². The Morgan fingerprint density at radius 2 is 1.96 bits per heavy atom. The molecule has 5 nitrogen and oxygen atoms in total. The first kappa shape index (κ1) is 17.0. The van der Waals surface area contributed by atoms with E-state index in [0.717, 1.165) is 24.2 Å².